The van der Waals surface area contributed by atoms with Crippen LogP contribution in [0.1, 0.15) is 6.92 Å². The quantitative estimate of drug-likeness (QED) is 0.471. The van der Waals surface area contributed by atoms with E-state index in [0.29, 0.717) is 0 Å². The van der Waals surface area contributed by atoms with E-state index in [1.165, 1.54) is 12.3 Å². The highest BCUT2D eigenvalue weighted by Crippen LogP contribution is 2.67. The van der Waals surface area contributed by atoms with Crippen molar-refractivity contribution in [1.82, 2.24) is 9.55 Å². The normalized spacial score (nSPS) is 44.1. The molecule has 2 fully saturated rings. The van der Waals surface area contributed by atoms with Gasteiger partial charge in [-0.25, -0.2) is 4.79 Å². The molecule has 0 amide bonds. The van der Waals surface area contributed by atoms with Crippen molar-refractivity contribution in [3.8, 4) is 0 Å². The van der Waals surface area contributed by atoms with E-state index in [-0.39, 0.29) is 5.82 Å². The largest absolute Gasteiger partial charge is 0.394 e. The molecule has 4 unspecified atom stereocenters. The van der Waals surface area contributed by atoms with Crippen molar-refractivity contribution in [2.45, 2.75) is 30.5 Å². The number of nitrogen functional groups attached to an aromatic ring is 1. The summed E-state index contributed by atoms with van der Waals surface area (Å²) in [6.07, 6.45) is -0.839. The molecule has 0 spiro atoms. The molecule has 0 bridgehead atoms. The van der Waals surface area contributed by atoms with Crippen LogP contribution in [0.15, 0.2) is 17.1 Å². The highest BCUT2D eigenvalue weighted by Gasteiger charge is 2.86. The van der Waals surface area contributed by atoms with Gasteiger partial charge >= 0.3 is 5.69 Å². The number of rotatable bonds is 2. The summed E-state index contributed by atoms with van der Waals surface area (Å²) < 4.78 is 6.66. The molecule has 1 aromatic rings. The fourth-order valence-electron chi connectivity index (χ4n) is 3.12. The number of anilines is 1. The molecule has 0 aromatic carbocycles. The first-order valence-corrected chi connectivity index (χ1v) is 5.94. The summed E-state index contributed by atoms with van der Waals surface area (Å²) in [6, 6.07) is 1.41. The predicted molar refractivity (Wildman–Crippen MR) is 63.0 cm³/mol. The summed E-state index contributed by atoms with van der Waals surface area (Å²) in [7, 11) is 0. The van der Waals surface area contributed by atoms with Crippen molar-refractivity contribution in [3.05, 3.63) is 22.7 Å². The fourth-order valence-corrected chi connectivity index (χ4v) is 3.12. The molecule has 3 rings (SSSR count). The molecular formula is C11H15N3O5. The molecule has 1 saturated carbocycles. The van der Waals surface area contributed by atoms with Gasteiger partial charge in [-0.2, -0.15) is 4.98 Å². The Labute approximate surface area is 108 Å². The molecule has 8 nitrogen and oxygen atoms in total. The minimum atomic E-state index is -1.61. The molecular weight excluding hydrogens is 254 g/mol. The molecule has 1 aliphatic heterocycles. The Morgan fingerprint density at radius 1 is 1.63 bits per heavy atom. The maximum atomic E-state index is 11.9. The zero-order valence-corrected chi connectivity index (χ0v) is 10.2. The van der Waals surface area contributed by atoms with Crippen LogP contribution in [0.5, 0.6) is 0 Å². The number of aromatic nitrogens is 2. The first kappa shape index (κ1) is 12.5. The van der Waals surface area contributed by atoms with Gasteiger partial charge in [0, 0.05) is 12.1 Å². The Hall–Kier alpha value is -1.48. The zero-order chi connectivity index (χ0) is 14.0. The average Bonchev–Trinajstić information content (AvgIpc) is 2.72. The van der Waals surface area contributed by atoms with Crippen LogP contribution in [-0.4, -0.2) is 49.3 Å². The van der Waals surface area contributed by atoms with Gasteiger partial charge in [0.1, 0.15) is 23.6 Å². The standard InChI is InChI=1S/C11H15N3O5/c1-5-10(18)8(16)6(4-15)19-11(5,10)14-3-2-7(12)13-9(14)17/h2-3,5-6,8,15-16,18H,4H2,1H3,(H2,12,13,17)/t5?,6-,8?,10?,11?/m1/s1. The lowest BCUT2D eigenvalue weighted by molar-refractivity contribution is -0.101. The number of hydrogen-bond acceptors (Lipinski definition) is 7. The second-order valence-corrected chi connectivity index (χ2v) is 5.03. The molecule has 1 aromatic heterocycles. The van der Waals surface area contributed by atoms with Gasteiger partial charge in [-0.1, -0.05) is 6.92 Å². The van der Waals surface area contributed by atoms with Crippen molar-refractivity contribution < 1.29 is 20.1 Å². The van der Waals surface area contributed by atoms with Gasteiger partial charge in [0.05, 0.1) is 6.61 Å². The molecule has 104 valence electrons. The number of aliphatic hydroxyl groups excluding tert-OH is 2. The third-order valence-electron chi connectivity index (χ3n) is 4.23. The Morgan fingerprint density at radius 3 is 2.89 bits per heavy atom. The van der Waals surface area contributed by atoms with Crippen LogP contribution >= 0.6 is 0 Å². The maximum absolute atomic E-state index is 11.9. The van der Waals surface area contributed by atoms with Gasteiger partial charge in [0.15, 0.2) is 5.72 Å². The molecule has 1 saturated heterocycles. The smallest absolute Gasteiger partial charge is 0.351 e. The van der Waals surface area contributed by atoms with E-state index >= 15 is 0 Å². The molecule has 19 heavy (non-hydrogen) atoms. The number of fused-ring (bicyclic) bond motifs is 1. The molecule has 8 heteroatoms. The topological polar surface area (TPSA) is 131 Å². The average molecular weight is 269 g/mol. The van der Waals surface area contributed by atoms with E-state index in [1.54, 1.807) is 6.92 Å². The maximum Gasteiger partial charge on any atom is 0.351 e. The lowest BCUT2D eigenvalue weighted by Gasteiger charge is -2.21. The van der Waals surface area contributed by atoms with Crippen LogP contribution < -0.4 is 11.4 Å². The summed E-state index contributed by atoms with van der Waals surface area (Å²) >= 11 is 0. The van der Waals surface area contributed by atoms with Crippen LogP contribution in [0, 0.1) is 5.92 Å². The number of hydrogen-bond donors (Lipinski definition) is 4. The molecule has 5 atom stereocenters. The van der Waals surface area contributed by atoms with Gasteiger partial charge in [-0.3, -0.25) is 4.57 Å². The summed E-state index contributed by atoms with van der Waals surface area (Å²) in [4.78, 5) is 15.5. The van der Waals surface area contributed by atoms with E-state index in [4.69, 9.17) is 15.6 Å². The lowest BCUT2D eigenvalue weighted by atomic mass is 10.1. The summed E-state index contributed by atoms with van der Waals surface area (Å²) in [6.45, 7) is 1.20. The van der Waals surface area contributed by atoms with E-state index in [0.717, 1.165) is 4.57 Å². The molecule has 5 N–H and O–H groups in total. The van der Waals surface area contributed by atoms with Gasteiger partial charge in [0.2, 0.25) is 0 Å². The van der Waals surface area contributed by atoms with Crippen LogP contribution in [0.4, 0.5) is 5.82 Å². The van der Waals surface area contributed by atoms with Crippen molar-refractivity contribution in [1.29, 1.82) is 0 Å². The summed E-state index contributed by atoms with van der Waals surface area (Å²) in [5.74, 6) is -0.437. The first-order chi connectivity index (χ1) is 8.89. The van der Waals surface area contributed by atoms with Gasteiger partial charge in [-0.05, 0) is 6.07 Å². The Kier molecular flexibility index (Phi) is 2.34. The third kappa shape index (κ3) is 1.22. The molecule has 0 radical (unpaired) electrons. The molecule has 2 aliphatic rings. The van der Waals surface area contributed by atoms with Crippen molar-refractivity contribution in [2.24, 2.45) is 5.92 Å². The van der Waals surface area contributed by atoms with E-state index in [1.807, 2.05) is 0 Å². The van der Waals surface area contributed by atoms with Gasteiger partial charge in [-0.15, -0.1) is 0 Å². The van der Waals surface area contributed by atoms with E-state index in [2.05, 4.69) is 4.98 Å². The van der Waals surface area contributed by atoms with Crippen LogP contribution in [0.25, 0.3) is 0 Å². The highest BCUT2D eigenvalue weighted by atomic mass is 16.6. The highest BCUT2D eigenvalue weighted by molar-refractivity contribution is 5.32. The Bertz CT molecular complexity index is 590. The lowest BCUT2D eigenvalue weighted by Crippen LogP contribution is -2.39. The van der Waals surface area contributed by atoms with Crippen LogP contribution in [0.3, 0.4) is 0 Å². The number of ether oxygens (including phenoxy) is 1. The second-order valence-electron chi connectivity index (χ2n) is 5.03. The van der Waals surface area contributed by atoms with E-state index < -0.39 is 41.7 Å². The fraction of sp³-hybridized carbons (Fsp3) is 0.636. The van der Waals surface area contributed by atoms with Crippen molar-refractivity contribution in [3.63, 3.8) is 0 Å². The number of nitrogens with two attached hydrogens (primary N) is 1. The van der Waals surface area contributed by atoms with Crippen molar-refractivity contribution in [2.75, 3.05) is 12.3 Å². The SMILES string of the molecule is CC1C2(O)C(O)[C@@H](CO)OC12n1ccc(N)nc1=O. The second kappa shape index (κ2) is 3.54. The predicted octanol–water partition coefficient (Wildman–Crippen LogP) is -2.39. The van der Waals surface area contributed by atoms with Crippen LogP contribution in [-0.2, 0) is 10.5 Å². The minimum absolute atomic E-state index is 0.0618. The number of aliphatic hydroxyl groups is 3. The molecule has 2 heterocycles. The van der Waals surface area contributed by atoms with Crippen molar-refractivity contribution >= 4 is 5.82 Å². The van der Waals surface area contributed by atoms with E-state index in [9.17, 15) is 15.0 Å². The van der Waals surface area contributed by atoms with Gasteiger partial charge < -0.3 is 25.8 Å². The third-order valence-corrected chi connectivity index (χ3v) is 4.23. The summed E-state index contributed by atoms with van der Waals surface area (Å²) in [5, 5.41) is 29.6. The molecule has 1 aliphatic carbocycles. The summed E-state index contributed by atoms with van der Waals surface area (Å²) in [5.41, 5.74) is 1.74. The first-order valence-electron chi connectivity index (χ1n) is 5.94. The van der Waals surface area contributed by atoms with Gasteiger partial charge in [0.25, 0.3) is 0 Å². The Morgan fingerprint density at radius 2 is 2.32 bits per heavy atom. The van der Waals surface area contributed by atoms with Crippen LogP contribution in [0.2, 0.25) is 0 Å². The zero-order valence-electron chi connectivity index (χ0n) is 10.2. The Balaban J connectivity index is 2.12. The number of nitrogens with zero attached hydrogens (tertiary/aromatic N) is 2. The minimum Gasteiger partial charge on any atom is -0.394 e. The monoisotopic (exact) mass is 269 g/mol.